The lowest BCUT2D eigenvalue weighted by Crippen LogP contribution is -2.47. The van der Waals surface area contributed by atoms with Gasteiger partial charge in [-0.1, -0.05) is 0 Å². The van der Waals surface area contributed by atoms with Gasteiger partial charge in [-0.15, -0.1) is 0 Å². The molecular weight excluding hydrogens is 138 g/mol. The largest absolute Gasteiger partial charge is 0.393 e. The van der Waals surface area contributed by atoms with Crippen LogP contribution < -0.4 is 5.32 Å². The van der Waals surface area contributed by atoms with Gasteiger partial charge in [-0.25, -0.2) is 0 Å². The summed E-state index contributed by atoms with van der Waals surface area (Å²) in [5.74, 6) is 1.85. The van der Waals surface area contributed by atoms with Crippen molar-refractivity contribution in [3.05, 3.63) is 0 Å². The minimum Gasteiger partial charge on any atom is -0.393 e. The molecule has 1 saturated heterocycles. The standard InChI is InChI=1S/C9H17NO/c11-9-3-1-7(2-4-9)8-5-10-6-8/h7-11H,1-6H2. The highest BCUT2D eigenvalue weighted by atomic mass is 16.3. The van der Waals surface area contributed by atoms with Crippen molar-refractivity contribution in [3.8, 4) is 0 Å². The molecular formula is C9H17NO. The first-order valence-corrected chi connectivity index (χ1v) is 4.75. The molecule has 2 rings (SSSR count). The van der Waals surface area contributed by atoms with Gasteiger partial charge in [-0.05, 0) is 50.6 Å². The number of nitrogens with one attached hydrogen (secondary N) is 1. The van der Waals surface area contributed by atoms with Crippen molar-refractivity contribution in [2.24, 2.45) is 11.8 Å². The molecule has 0 radical (unpaired) electrons. The van der Waals surface area contributed by atoms with E-state index < -0.39 is 0 Å². The van der Waals surface area contributed by atoms with Crippen LogP contribution in [0.5, 0.6) is 0 Å². The number of hydrogen-bond donors (Lipinski definition) is 2. The molecule has 1 aliphatic carbocycles. The van der Waals surface area contributed by atoms with E-state index in [-0.39, 0.29) is 6.10 Å². The molecule has 2 nitrogen and oxygen atoms in total. The molecule has 11 heavy (non-hydrogen) atoms. The zero-order valence-corrected chi connectivity index (χ0v) is 6.92. The van der Waals surface area contributed by atoms with E-state index in [1.165, 1.54) is 25.9 Å². The second-order valence-electron chi connectivity index (χ2n) is 3.99. The van der Waals surface area contributed by atoms with Crippen molar-refractivity contribution in [3.63, 3.8) is 0 Å². The van der Waals surface area contributed by atoms with Crippen LogP contribution in [0, 0.1) is 11.8 Å². The van der Waals surface area contributed by atoms with E-state index in [2.05, 4.69) is 5.32 Å². The Balaban J connectivity index is 1.77. The Morgan fingerprint density at radius 2 is 1.55 bits per heavy atom. The molecule has 0 atom stereocenters. The highest BCUT2D eigenvalue weighted by Crippen LogP contribution is 2.31. The highest BCUT2D eigenvalue weighted by molar-refractivity contribution is 4.84. The fourth-order valence-electron chi connectivity index (χ4n) is 2.22. The average molecular weight is 155 g/mol. The van der Waals surface area contributed by atoms with Gasteiger partial charge in [-0.3, -0.25) is 0 Å². The van der Waals surface area contributed by atoms with E-state index in [9.17, 15) is 5.11 Å². The second-order valence-corrected chi connectivity index (χ2v) is 3.99. The van der Waals surface area contributed by atoms with Gasteiger partial charge in [0.1, 0.15) is 0 Å². The van der Waals surface area contributed by atoms with Crippen LogP contribution in [0.25, 0.3) is 0 Å². The minimum atomic E-state index is 0.0132. The van der Waals surface area contributed by atoms with Gasteiger partial charge in [0.2, 0.25) is 0 Å². The van der Waals surface area contributed by atoms with Gasteiger partial charge >= 0.3 is 0 Å². The Morgan fingerprint density at radius 1 is 0.909 bits per heavy atom. The summed E-state index contributed by atoms with van der Waals surface area (Å²) in [5.41, 5.74) is 0. The van der Waals surface area contributed by atoms with Crippen molar-refractivity contribution < 1.29 is 5.11 Å². The monoisotopic (exact) mass is 155 g/mol. The topological polar surface area (TPSA) is 32.3 Å². The van der Waals surface area contributed by atoms with Crippen LogP contribution in [0.4, 0.5) is 0 Å². The number of hydrogen-bond acceptors (Lipinski definition) is 2. The van der Waals surface area contributed by atoms with Gasteiger partial charge in [-0.2, -0.15) is 0 Å². The van der Waals surface area contributed by atoms with E-state index in [0.29, 0.717) is 0 Å². The third-order valence-electron chi connectivity index (χ3n) is 3.22. The van der Waals surface area contributed by atoms with Crippen molar-refractivity contribution in [1.82, 2.24) is 5.32 Å². The van der Waals surface area contributed by atoms with Crippen molar-refractivity contribution >= 4 is 0 Å². The first-order valence-electron chi connectivity index (χ1n) is 4.75. The third kappa shape index (κ3) is 1.57. The number of aliphatic hydroxyl groups excluding tert-OH is 1. The average Bonchev–Trinajstić information content (AvgIpc) is 1.90. The minimum absolute atomic E-state index is 0.0132. The molecule has 1 saturated carbocycles. The molecule has 2 N–H and O–H groups in total. The molecule has 0 spiro atoms. The lowest BCUT2D eigenvalue weighted by atomic mass is 9.76. The first-order chi connectivity index (χ1) is 5.36. The van der Waals surface area contributed by atoms with Crippen LogP contribution in [0.2, 0.25) is 0 Å². The molecule has 1 heterocycles. The van der Waals surface area contributed by atoms with Crippen LogP contribution in [0.1, 0.15) is 25.7 Å². The van der Waals surface area contributed by atoms with Gasteiger partial charge in [0.15, 0.2) is 0 Å². The summed E-state index contributed by atoms with van der Waals surface area (Å²) in [5, 5.41) is 12.6. The summed E-state index contributed by atoms with van der Waals surface area (Å²) in [4.78, 5) is 0. The molecule has 0 aromatic carbocycles. The predicted octanol–water partition coefficient (Wildman–Crippen LogP) is 0.757. The first kappa shape index (κ1) is 7.56. The maximum Gasteiger partial charge on any atom is 0.0540 e. The fraction of sp³-hybridized carbons (Fsp3) is 1.00. The van der Waals surface area contributed by atoms with E-state index in [0.717, 1.165) is 24.7 Å². The Bertz CT molecular complexity index is 126. The second kappa shape index (κ2) is 3.11. The summed E-state index contributed by atoms with van der Waals surface area (Å²) in [6.45, 7) is 2.45. The predicted molar refractivity (Wildman–Crippen MR) is 44.3 cm³/mol. The fourth-order valence-corrected chi connectivity index (χ4v) is 2.22. The molecule has 2 heteroatoms. The zero-order chi connectivity index (χ0) is 7.68. The number of aliphatic hydroxyl groups is 1. The lowest BCUT2D eigenvalue weighted by Gasteiger charge is -2.38. The van der Waals surface area contributed by atoms with E-state index in [1.54, 1.807) is 0 Å². The molecule has 2 fully saturated rings. The molecule has 0 aromatic heterocycles. The van der Waals surface area contributed by atoms with E-state index in [4.69, 9.17) is 0 Å². The van der Waals surface area contributed by atoms with Gasteiger partial charge < -0.3 is 10.4 Å². The maximum atomic E-state index is 9.28. The third-order valence-corrected chi connectivity index (χ3v) is 3.22. The maximum absolute atomic E-state index is 9.28. The van der Waals surface area contributed by atoms with Crippen molar-refractivity contribution in [2.45, 2.75) is 31.8 Å². The molecule has 0 amide bonds. The summed E-state index contributed by atoms with van der Waals surface area (Å²) in [6, 6.07) is 0. The molecule has 64 valence electrons. The summed E-state index contributed by atoms with van der Waals surface area (Å²) < 4.78 is 0. The Labute approximate surface area is 68.0 Å². The van der Waals surface area contributed by atoms with Crippen LogP contribution in [0.3, 0.4) is 0 Å². The van der Waals surface area contributed by atoms with E-state index >= 15 is 0 Å². The lowest BCUT2D eigenvalue weighted by molar-refractivity contribution is 0.0786. The van der Waals surface area contributed by atoms with E-state index in [1.807, 2.05) is 0 Å². The Hall–Kier alpha value is -0.0800. The summed E-state index contributed by atoms with van der Waals surface area (Å²) in [7, 11) is 0. The normalized spacial score (nSPS) is 40.1. The molecule has 2 aliphatic rings. The SMILES string of the molecule is OC1CCC(C2CNC2)CC1. The molecule has 0 bridgehead atoms. The van der Waals surface area contributed by atoms with Crippen molar-refractivity contribution in [2.75, 3.05) is 13.1 Å². The highest BCUT2D eigenvalue weighted by Gasteiger charge is 2.29. The van der Waals surface area contributed by atoms with Crippen LogP contribution in [0.15, 0.2) is 0 Å². The molecule has 0 aromatic rings. The Morgan fingerprint density at radius 3 is 2.00 bits per heavy atom. The Kier molecular flexibility index (Phi) is 2.14. The van der Waals surface area contributed by atoms with Crippen LogP contribution in [-0.2, 0) is 0 Å². The van der Waals surface area contributed by atoms with Crippen LogP contribution in [-0.4, -0.2) is 24.3 Å². The zero-order valence-electron chi connectivity index (χ0n) is 6.92. The summed E-state index contributed by atoms with van der Waals surface area (Å²) >= 11 is 0. The molecule has 1 aliphatic heterocycles. The van der Waals surface area contributed by atoms with Crippen molar-refractivity contribution in [1.29, 1.82) is 0 Å². The van der Waals surface area contributed by atoms with Gasteiger partial charge in [0.25, 0.3) is 0 Å². The smallest absolute Gasteiger partial charge is 0.0540 e. The number of rotatable bonds is 1. The van der Waals surface area contributed by atoms with Gasteiger partial charge in [0, 0.05) is 0 Å². The molecule has 0 unspecified atom stereocenters. The van der Waals surface area contributed by atoms with Crippen LogP contribution >= 0.6 is 0 Å². The summed E-state index contributed by atoms with van der Waals surface area (Å²) in [6.07, 6.45) is 4.61. The van der Waals surface area contributed by atoms with Gasteiger partial charge in [0.05, 0.1) is 6.10 Å². The quantitative estimate of drug-likeness (QED) is 0.586.